The van der Waals surface area contributed by atoms with E-state index in [1.54, 1.807) is 13.0 Å². The van der Waals surface area contributed by atoms with Gasteiger partial charge in [-0.05, 0) is 24.6 Å². The fraction of sp³-hybridized carbons (Fsp3) is 0.250. The lowest BCUT2D eigenvalue weighted by Gasteiger charge is -1.97. The number of alkyl halides is 1. The Balaban J connectivity index is 3.11. The van der Waals surface area contributed by atoms with Crippen LogP contribution in [0.2, 0.25) is 0 Å². The number of carbonyl (C=O) groups is 1. The van der Waals surface area contributed by atoms with Crippen LogP contribution in [0.1, 0.15) is 21.7 Å². The van der Waals surface area contributed by atoms with Crippen LogP contribution in [0.15, 0.2) is 12.1 Å². The van der Waals surface area contributed by atoms with Gasteiger partial charge in [-0.25, -0.2) is 4.39 Å². The zero-order valence-electron chi connectivity index (χ0n) is 6.17. The smallest absolute Gasteiger partial charge is 0.168 e. The molecule has 0 aromatic carbocycles. The molecule has 0 aliphatic rings. The maximum absolute atomic E-state index is 12.1. The number of aromatic nitrogens is 1. The third-order valence-corrected chi connectivity index (χ3v) is 1.31. The molecule has 0 aliphatic carbocycles. The lowest BCUT2D eigenvalue weighted by Crippen LogP contribution is -1.92. The van der Waals surface area contributed by atoms with Crippen LogP contribution >= 0.6 is 0 Å². The quantitative estimate of drug-likeness (QED) is 0.605. The summed E-state index contributed by atoms with van der Waals surface area (Å²) < 4.78 is 12.1. The molecule has 0 saturated carbocycles. The van der Waals surface area contributed by atoms with Gasteiger partial charge in [0.25, 0.3) is 0 Å². The first kappa shape index (κ1) is 7.85. The van der Waals surface area contributed by atoms with Crippen molar-refractivity contribution >= 4 is 6.29 Å². The van der Waals surface area contributed by atoms with E-state index in [1.165, 1.54) is 6.07 Å². The second-order valence-corrected chi connectivity index (χ2v) is 2.29. The van der Waals surface area contributed by atoms with Crippen molar-refractivity contribution in [2.45, 2.75) is 13.6 Å². The van der Waals surface area contributed by atoms with Gasteiger partial charge in [0, 0.05) is 5.69 Å². The highest BCUT2D eigenvalue weighted by Crippen LogP contribution is 2.05. The van der Waals surface area contributed by atoms with Gasteiger partial charge in [-0.2, -0.15) is 0 Å². The molecule has 0 amide bonds. The van der Waals surface area contributed by atoms with Gasteiger partial charge < -0.3 is 0 Å². The number of pyridine rings is 1. The van der Waals surface area contributed by atoms with E-state index in [-0.39, 0.29) is 5.69 Å². The van der Waals surface area contributed by atoms with E-state index in [9.17, 15) is 9.18 Å². The summed E-state index contributed by atoms with van der Waals surface area (Å²) in [6.45, 7) is 1.18. The summed E-state index contributed by atoms with van der Waals surface area (Å²) in [5, 5.41) is 0. The third kappa shape index (κ3) is 1.83. The minimum Gasteiger partial charge on any atom is -0.296 e. The summed E-state index contributed by atoms with van der Waals surface area (Å²) in [5.41, 5.74) is 1.46. The Bertz CT molecular complexity index is 273. The molecule has 0 radical (unpaired) electrons. The second kappa shape index (κ2) is 3.23. The molecular weight excluding hydrogens is 145 g/mol. The van der Waals surface area contributed by atoms with Crippen LogP contribution in [0.5, 0.6) is 0 Å². The number of aldehydes is 1. The standard InChI is InChI=1S/C8H8FNO/c1-6-2-7(4-9)3-8(5-11)10-6/h2-3,5H,4H2,1H3. The fourth-order valence-electron chi connectivity index (χ4n) is 0.906. The average Bonchev–Trinajstić information content (AvgIpc) is 2.03. The number of hydrogen-bond donors (Lipinski definition) is 0. The molecule has 0 bridgehead atoms. The van der Waals surface area contributed by atoms with Gasteiger partial charge in [-0.1, -0.05) is 0 Å². The highest BCUT2D eigenvalue weighted by Gasteiger charge is 1.97. The number of carbonyl (C=O) groups excluding carboxylic acids is 1. The molecule has 1 aromatic rings. The van der Waals surface area contributed by atoms with Crippen molar-refractivity contribution in [2.24, 2.45) is 0 Å². The Kier molecular flexibility index (Phi) is 2.31. The monoisotopic (exact) mass is 153 g/mol. The first-order chi connectivity index (χ1) is 5.26. The van der Waals surface area contributed by atoms with Gasteiger partial charge in [0.15, 0.2) is 6.29 Å². The van der Waals surface area contributed by atoms with Crippen LogP contribution in [0, 0.1) is 6.92 Å². The van der Waals surface area contributed by atoms with Crippen molar-refractivity contribution in [3.63, 3.8) is 0 Å². The Labute approximate surface area is 64.1 Å². The molecule has 1 heterocycles. The number of aryl methyl sites for hydroxylation is 1. The summed E-state index contributed by atoms with van der Waals surface area (Å²) >= 11 is 0. The molecule has 58 valence electrons. The molecule has 0 atom stereocenters. The van der Waals surface area contributed by atoms with Gasteiger partial charge >= 0.3 is 0 Å². The predicted molar refractivity (Wildman–Crippen MR) is 39.2 cm³/mol. The highest BCUT2D eigenvalue weighted by molar-refractivity contribution is 5.72. The normalized spacial score (nSPS) is 9.64. The fourth-order valence-corrected chi connectivity index (χ4v) is 0.906. The lowest BCUT2D eigenvalue weighted by molar-refractivity contribution is 0.111. The van der Waals surface area contributed by atoms with Crippen LogP contribution in [0.3, 0.4) is 0 Å². The molecule has 0 unspecified atom stereocenters. The zero-order chi connectivity index (χ0) is 8.27. The molecule has 2 nitrogen and oxygen atoms in total. The molecule has 0 fully saturated rings. The van der Waals surface area contributed by atoms with Gasteiger partial charge in [0.1, 0.15) is 12.4 Å². The molecule has 0 spiro atoms. The molecule has 0 aliphatic heterocycles. The maximum atomic E-state index is 12.1. The van der Waals surface area contributed by atoms with E-state index in [4.69, 9.17) is 0 Å². The van der Waals surface area contributed by atoms with E-state index >= 15 is 0 Å². The first-order valence-electron chi connectivity index (χ1n) is 3.25. The minimum absolute atomic E-state index is 0.289. The topological polar surface area (TPSA) is 30.0 Å². The molecule has 3 heteroatoms. The van der Waals surface area contributed by atoms with Gasteiger partial charge in [-0.3, -0.25) is 9.78 Å². The zero-order valence-corrected chi connectivity index (χ0v) is 6.17. The number of nitrogens with zero attached hydrogens (tertiary/aromatic N) is 1. The largest absolute Gasteiger partial charge is 0.296 e. The Morgan fingerprint density at radius 1 is 1.64 bits per heavy atom. The van der Waals surface area contributed by atoms with Crippen molar-refractivity contribution in [1.29, 1.82) is 0 Å². The summed E-state index contributed by atoms with van der Waals surface area (Å²) in [6, 6.07) is 3.06. The van der Waals surface area contributed by atoms with E-state index in [0.717, 1.165) is 0 Å². The summed E-state index contributed by atoms with van der Waals surface area (Å²) in [7, 11) is 0. The van der Waals surface area contributed by atoms with Crippen molar-refractivity contribution in [3.8, 4) is 0 Å². The average molecular weight is 153 g/mol. The van der Waals surface area contributed by atoms with E-state index in [1.807, 2.05) is 0 Å². The molecule has 1 aromatic heterocycles. The Morgan fingerprint density at radius 3 is 2.91 bits per heavy atom. The molecule has 0 N–H and O–H groups in total. The van der Waals surface area contributed by atoms with Crippen LogP contribution in [0.25, 0.3) is 0 Å². The van der Waals surface area contributed by atoms with Crippen molar-refractivity contribution in [2.75, 3.05) is 0 Å². The van der Waals surface area contributed by atoms with E-state index in [0.29, 0.717) is 17.5 Å². The lowest BCUT2D eigenvalue weighted by atomic mass is 10.2. The van der Waals surface area contributed by atoms with Crippen LogP contribution in [-0.2, 0) is 6.67 Å². The summed E-state index contributed by atoms with van der Waals surface area (Å²) in [4.78, 5) is 14.1. The summed E-state index contributed by atoms with van der Waals surface area (Å²) in [6.07, 6.45) is 0.617. The van der Waals surface area contributed by atoms with Crippen molar-refractivity contribution in [1.82, 2.24) is 4.98 Å². The van der Waals surface area contributed by atoms with Gasteiger partial charge in [-0.15, -0.1) is 0 Å². The molecular formula is C8H8FNO. The number of halogens is 1. The number of hydrogen-bond acceptors (Lipinski definition) is 2. The minimum atomic E-state index is -0.551. The Morgan fingerprint density at radius 2 is 2.36 bits per heavy atom. The molecule has 1 rings (SSSR count). The third-order valence-electron chi connectivity index (χ3n) is 1.31. The maximum Gasteiger partial charge on any atom is 0.168 e. The number of rotatable bonds is 2. The van der Waals surface area contributed by atoms with Crippen LogP contribution < -0.4 is 0 Å². The Hall–Kier alpha value is -1.25. The van der Waals surface area contributed by atoms with E-state index < -0.39 is 6.67 Å². The van der Waals surface area contributed by atoms with Crippen molar-refractivity contribution < 1.29 is 9.18 Å². The predicted octanol–water partition coefficient (Wildman–Crippen LogP) is 1.67. The van der Waals surface area contributed by atoms with Crippen LogP contribution in [0.4, 0.5) is 4.39 Å². The molecule has 11 heavy (non-hydrogen) atoms. The van der Waals surface area contributed by atoms with Crippen LogP contribution in [-0.4, -0.2) is 11.3 Å². The van der Waals surface area contributed by atoms with Crippen molar-refractivity contribution in [3.05, 3.63) is 29.1 Å². The summed E-state index contributed by atoms with van der Waals surface area (Å²) in [5.74, 6) is 0. The molecule has 0 saturated heterocycles. The van der Waals surface area contributed by atoms with Gasteiger partial charge in [0.05, 0.1) is 0 Å². The highest BCUT2D eigenvalue weighted by atomic mass is 19.1. The second-order valence-electron chi connectivity index (χ2n) is 2.29. The SMILES string of the molecule is Cc1cc(CF)cc(C=O)n1. The van der Waals surface area contributed by atoms with Gasteiger partial charge in [0.2, 0.25) is 0 Å². The first-order valence-corrected chi connectivity index (χ1v) is 3.25. The van der Waals surface area contributed by atoms with E-state index in [2.05, 4.69) is 4.98 Å².